The minimum atomic E-state index is -3.97. The van der Waals surface area contributed by atoms with Crippen LogP contribution in [0.25, 0.3) is 0 Å². The molecule has 0 spiro atoms. The Balaban J connectivity index is 2.75. The molecule has 1 fully saturated rings. The van der Waals surface area contributed by atoms with Crippen LogP contribution in [0, 0.1) is 11.6 Å². The molecule has 7 heteroatoms. The van der Waals surface area contributed by atoms with Gasteiger partial charge >= 0.3 is 5.97 Å². The number of carbonyl (C=O) groups is 1. The van der Waals surface area contributed by atoms with Crippen molar-refractivity contribution in [3.63, 3.8) is 0 Å². The number of halogens is 2. The van der Waals surface area contributed by atoms with E-state index in [1.807, 2.05) is 0 Å². The van der Waals surface area contributed by atoms with Crippen LogP contribution in [0.1, 0.15) is 31.2 Å². The maximum atomic E-state index is 14.4. The van der Waals surface area contributed by atoms with Crippen LogP contribution in [0.5, 0.6) is 0 Å². The van der Waals surface area contributed by atoms with Crippen LogP contribution in [0.4, 0.5) is 8.78 Å². The van der Waals surface area contributed by atoms with E-state index in [-0.39, 0.29) is 18.4 Å². The smallest absolute Gasteiger partial charge is 0.314 e. The molecule has 1 saturated carbocycles. The molecule has 0 bridgehead atoms. The zero-order valence-corrected chi connectivity index (χ0v) is 11.6. The fraction of sp³-hybridized carbons (Fsp3) is 0.462. The van der Waals surface area contributed by atoms with Gasteiger partial charge in [-0.15, -0.1) is 0 Å². The summed E-state index contributed by atoms with van der Waals surface area (Å²) >= 11 is 0. The van der Waals surface area contributed by atoms with Crippen molar-refractivity contribution in [1.82, 2.24) is 0 Å². The highest BCUT2D eigenvalue weighted by Gasteiger charge is 2.45. The van der Waals surface area contributed by atoms with E-state index in [9.17, 15) is 27.1 Å². The number of carboxylic acid groups (broad SMARTS) is 1. The van der Waals surface area contributed by atoms with Crippen LogP contribution in [-0.4, -0.2) is 25.7 Å². The summed E-state index contributed by atoms with van der Waals surface area (Å²) in [7, 11) is -3.97. The van der Waals surface area contributed by atoms with E-state index in [0.717, 1.165) is 12.3 Å². The minimum Gasteiger partial charge on any atom is -0.481 e. The molecule has 1 N–H and O–H groups in total. The van der Waals surface area contributed by atoms with Gasteiger partial charge in [0.05, 0.1) is 5.41 Å². The maximum absolute atomic E-state index is 14.4. The van der Waals surface area contributed by atoms with Crippen LogP contribution in [0.15, 0.2) is 17.0 Å². The summed E-state index contributed by atoms with van der Waals surface area (Å²) in [6.07, 6.45) is 2.27. The van der Waals surface area contributed by atoms with Crippen LogP contribution in [0.3, 0.4) is 0 Å². The van der Waals surface area contributed by atoms with E-state index in [2.05, 4.69) is 0 Å². The first-order valence-corrected chi connectivity index (χ1v) is 8.00. The van der Waals surface area contributed by atoms with Gasteiger partial charge < -0.3 is 5.11 Å². The highest BCUT2D eigenvalue weighted by molar-refractivity contribution is 7.90. The molecule has 1 aromatic rings. The third-order valence-electron chi connectivity index (χ3n) is 3.79. The molecule has 0 atom stereocenters. The zero-order chi connectivity index (χ0) is 15.1. The van der Waals surface area contributed by atoms with Crippen molar-refractivity contribution in [3.8, 4) is 0 Å². The van der Waals surface area contributed by atoms with E-state index in [1.54, 1.807) is 0 Å². The second-order valence-electron chi connectivity index (χ2n) is 5.13. The van der Waals surface area contributed by atoms with Gasteiger partial charge in [-0.3, -0.25) is 4.79 Å². The van der Waals surface area contributed by atoms with E-state index < -0.39 is 37.8 Å². The molecule has 4 nitrogen and oxygen atoms in total. The maximum Gasteiger partial charge on any atom is 0.314 e. The van der Waals surface area contributed by atoms with Gasteiger partial charge in [-0.1, -0.05) is 12.8 Å². The van der Waals surface area contributed by atoms with Gasteiger partial charge in [0.15, 0.2) is 9.84 Å². The Morgan fingerprint density at radius 1 is 1.25 bits per heavy atom. The summed E-state index contributed by atoms with van der Waals surface area (Å²) in [5.41, 5.74) is -1.91. The number of carboxylic acids is 1. The Labute approximate surface area is 115 Å². The van der Waals surface area contributed by atoms with Crippen LogP contribution in [0.2, 0.25) is 0 Å². The van der Waals surface area contributed by atoms with Gasteiger partial charge in [-0.2, -0.15) is 0 Å². The summed E-state index contributed by atoms with van der Waals surface area (Å²) < 4.78 is 51.0. The average Bonchev–Trinajstić information content (AvgIpc) is 2.80. The SMILES string of the molecule is CS(=O)(=O)c1cc(F)cc(C2(C(=O)O)CCCC2)c1F. The van der Waals surface area contributed by atoms with Crippen LogP contribution in [-0.2, 0) is 20.0 Å². The van der Waals surface area contributed by atoms with Crippen molar-refractivity contribution in [2.24, 2.45) is 0 Å². The second kappa shape index (κ2) is 4.80. The van der Waals surface area contributed by atoms with E-state index in [4.69, 9.17) is 0 Å². The molecule has 2 rings (SSSR count). The van der Waals surface area contributed by atoms with Gasteiger partial charge in [-0.05, 0) is 25.0 Å². The molecule has 0 amide bonds. The van der Waals surface area contributed by atoms with Crippen molar-refractivity contribution < 1.29 is 27.1 Å². The number of sulfone groups is 1. The molecule has 0 radical (unpaired) electrons. The van der Waals surface area contributed by atoms with Gasteiger partial charge in [0.2, 0.25) is 0 Å². The fourth-order valence-electron chi connectivity index (χ4n) is 2.76. The first kappa shape index (κ1) is 14.9. The molecule has 0 aliphatic heterocycles. The molecule has 0 aromatic heterocycles. The molecule has 20 heavy (non-hydrogen) atoms. The lowest BCUT2D eigenvalue weighted by atomic mass is 9.78. The molecule has 110 valence electrons. The Hall–Kier alpha value is -1.50. The monoisotopic (exact) mass is 304 g/mol. The number of hydrogen-bond acceptors (Lipinski definition) is 3. The second-order valence-corrected chi connectivity index (χ2v) is 7.12. The van der Waals surface area contributed by atoms with Crippen molar-refractivity contribution in [1.29, 1.82) is 0 Å². The Bertz CT molecular complexity index is 661. The minimum absolute atomic E-state index is 0.173. The number of rotatable bonds is 3. The number of aliphatic carboxylic acids is 1. The first-order chi connectivity index (χ1) is 9.18. The Kier molecular flexibility index (Phi) is 3.58. The molecule has 0 unspecified atom stereocenters. The molecule has 1 aromatic carbocycles. The van der Waals surface area contributed by atoms with Crippen LogP contribution >= 0.6 is 0 Å². The zero-order valence-electron chi connectivity index (χ0n) is 10.8. The quantitative estimate of drug-likeness (QED) is 0.930. The summed E-state index contributed by atoms with van der Waals surface area (Å²) in [5.74, 6) is -3.36. The van der Waals surface area contributed by atoms with E-state index in [0.29, 0.717) is 18.9 Å². The fourth-order valence-corrected chi connectivity index (χ4v) is 3.52. The van der Waals surface area contributed by atoms with Crippen molar-refractivity contribution in [2.45, 2.75) is 36.0 Å². The predicted octanol–water partition coefficient (Wildman–Crippen LogP) is 2.26. The van der Waals surface area contributed by atoms with Gasteiger partial charge in [0, 0.05) is 11.8 Å². The lowest BCUT2D eigenvalue weighted by Gasteiger charge is -2.25. The lowest BCUT2D eigenvalue weighted by molar-refractivity contribution is -0.143. The Morgan fingerprint density at radius 2 is 1.80 bits per heavy atom. The third kappa shape index (κ3) is 2.30. The molecular weight excluding hydrogens is 290 g/mol. The lowest BCUT2D eigenvalue weighted by Crippen LogP contribution is -2.34. The topological polar surface area (TPSA) is 71.4 Å². The number of benzene rings is 1. The predicted molar refractivity (Wildman–Crippen MR) is 67.2 cm³/mol. The van der Waals surface area contributed by atoms with Crippen molar-refractivity contribution >= 4 is 15.8 Å². The summed E-state index contributed by atoms with van der Waals surface area (Å²) in [4.78, 5) is 10.7. The largest absolute Gasteiger partial charge is 0.481 e. The van der Waals surface area contributed by atoms with Crippen molar-refractivity contribution in [2.75, 3.05) is 6.26 Å². The molecule has 1 aliphatic carbocycles. The van der Waals surface area contributed by atoms with Gasteiger partial charge in [-0.25, -0.2) is 17.2 Å². The van der Waals surface area contributed by atoms with Gasteiger partial charge in [0.25, 0.3) is 0 Å². The normalized spacial score (nSPS) is 18.1. The number of hydrogen-bond donors (Lipinski definition) is 1. The highest BCUT2D eigenvalue weighted by atomic mass is 32.2. The Morgan fingerprint density at radius 3 is 2.25 bits per heavy atom. The average molecular weight is 304 g/mol. The third-order valence-corrected chi connectivity index (χ3v) is 4.88. The van der Waals surface area contributed by atoms with Crippen molar-refractivity contribution in [3.05, 3.63) is 29.3 Å². The summed E-state index contributed by atoms with van der Waals surface area (Å²) in [6.45, 7) is 0. The summed E-state index contributed by atoms with van der Waals surface area (Å²) in [5, 5.41) is 9.39. The standard InChI is InChI=1S/C13H14F2O4S/c1-20(18,19)10-7-8(14)6-9(11(10)15)13(12(16)17)4-2-3-5-13/h6-7H,2-5H2,1H3,(H,16,17). The van der Waals surface area contributed by atoms with E-state index in [1.165, 1.54) is 0 Å². The molecule has 1 aliphatic rings. The molecular formula is C13H14F2O4S. The van der Waals surface area contributed by atoms with Crippen LogP contribution < -0.4 is 0 Å². The van der Waals surface area contributed by atoms with Gasteiger partial charge in [0.1, 0.15) is 16.5 Å². The highest BCUT2D eigenvalue weighted by Crippen LogP contribution is 2.43. The molecule has 0 heterocycles. The first-order valence-electron chi connectivity index (χ1n) is 6.11. The molecule has 0 saturated heterocycles. The van der Waals surface area contributed by atoms with E-state index >= 15 is 0 Å². The summed E-state index contributed by atoms with van der Waals surface area (Å²) in [6, 6.07) is 1.38.